The maximum atomic E-state index is 12.8. The van der Waals surface area contributed by atoms with Gasteiger partial charge in [-0.15, -0.1) is 0 Å². The minimum Gasteiger partial charge on any atom is -0.469 e. The molecular weight excluding hydrogens is 280 g/mol. The van der Waals surface area contributed by atoms with Gasteiger partial charge in [-0.05, 0) is 43.5 Å². The van der Waals surface area contributed by atoms with Crippen LogP contribution in [0, 0.1) is 6.92 Å². The van der Waals surface area contributed by atoms with E-state index in [1.54, 1.807) is 24.7 Å². The Hall–Kier alpha value is -2.14. The molecule has 0 spiro atoms. The third-order valence-electron chi connectivity index (χ3n) is 3.95. The second-order valence-corrected chi connectivity index (χ2v) is 5.57. The Kier molecular flexibility index (Phi) is 4.53. The maximum Gasteiger partial charge on any atom is 0.257 e. The normalized spacial score (nSPS) is 17.6. The van der Waals surface area contributed by atoms with Crippen molar-refractivity contribution >= 4 is 5.91 Å². The zero-order chi connectivity index (χ0) is 15.4. The molecule has 1 amide bonds. The zero-order valence-electron chi connectivity index (χ0n) is 12.7. The SMILES string of the molecule is Cc1occc1C(=O)N(Cc1ccncc1)CC1CCCO1. The molecule has 116 valence electrons. The van der Waals surface area contributed by atoms with E-state index in [1.807, 2.05) is 24.0 Å². The van der Waals surface area contributed by atoms with Crippen LogP contribution < -0.4 is 0 Å². The van der Waals surface area contributed by atoms with Crippen LogP contribution in [0.2, 0.25) is 0 Å². The minimum absolute atomic E-state index is 0.0152. The molecular formula is C17H20N2O3. The summed E-state index contributed by atoms with van der Waals surface area (Å²) < 4.78 is 11.0. The predicted octanol–water partition coefficient (Wildman–Crippen LogP) is 2.80. The minimum atomic E-state index is -0.0152. The number of aryl methyl sites for hydroxylation is 1. The molecule has 1 aliphatic rings. The molecule has 0 saturated carbocycles. The number of hydrogen-bond acceptors (Lipinski definition) is 4. The summed E-state index contributed by atoms with van der Waals surface area (Å²) in [6, 6.07) is 5.59. The van der Waals surface area contributed by atoms with Crippen molar-refractivity contribution in [3.05, 3.63) is 53.7 Å². The van der Waals surface area contributed by atoms with Crippen LogP contribution in [-0.2, 0) is 11.3 Å². The first-order valence-electron chi connectivity index (χ1n) is 7.58. The number of nitrogens with zero attached hydrogens (tertiary/aromatic N) is 2. The van der Waals surface area contributed by atoms with E-state index in [0.717, 1.165) is 25.0 Å². The lowest BCUT2D eigenvalue weighted by Crippen LogP contribution is -2.37. The highest BCUT2D eigenvalue weighted by molar-refractivity contribution is 5.95. The molecule has 0 radical (unpaired) electrons. The Labute approximate surface area is 129 Å². The van der Waals surface area contributed by atoms with E-state index in [-0.39, 0.29) is 12.0 Å². The Bertz CT molecular complexity index is 618. The van der Waals surface area contributed by atoms with Gasteiger partial charge in [-0.2, -0.15) is 0 Å². The second-order valence-electron chi connectivity index (χ2n) is 5.57. The van der Waals surface area contributed by atoms with E-state index in [9.17, 15) is 4.79 Å². The molecule has 0 bridgehead atoms. The lowest BCUT2D eigenvalue weighted by Gasteiger charge is -2.25. The van der Waals surface area contributed by atoms with Crippen LogP contribution in [0.25, 0.3) is 0 Å². The van der Waals surface area contributed by atoms with Gasteiger partial charge in [-0.25, -0.2) is 0 Å². The highest BCUT2D eigenvalue weighted by Gasteiger charge is 2.25. The number of ether oxygens (including phenoxy) is 1. The summed E-state index contributed by atoms with van der Waals surface area (Å²) in [5, 5.41) is 0. The summed E-state index contributed by atoms with van der Waals surface area (Å²) >= 11 is 0. The number of furan rings is 1. The van der Waals surface area contributed by atoms with Crippen LogP contribution in [-0.4, -0.2) is 35.0 Å². The van der Waals surface area contributed by atoms with Crippen molar-refractivity contribution < 1.29 is 13.9 Å². The van der Waals surface area contributed by atoms with Crippen LogP contribution in [0.3, 0.4) is 0 Å². The Morgan fingerprint density at radius 1 is 1.36 bits per heavy atom. The molecule has 5 heteroatoms. The van der Waals surface area contributed by atoms with Gasteiger partial charge in [0.15, 0.2) is 0 Å². The molecule has 0 N–H and O–H groups in total. The number of hydrogen-bond donors (Lipinski definition) is 0. The lowest BCUT2D eigenvalue weighted by molar-refractivity contribution is 0.0506. The van der Waals surface area contributed by atoms with Crippen LogP contribution >= 0.6 is 0 Å². The van der Waals surface area contributed by atoms with E-state index in [1.165, 1.54) is 0 Å². The summed E-state index contributed by atoms with van der Waals surface area (Å²) in [7, 11) is 0. The first-order valence-corrected chi connectivity index (χ1v) is 7.58. The van der Waals surface area contributed by atoms with Gasteiger partial charge in [0.25, 0.3) is 5.91 Å². The third-order valence-corrected chi connectivity index (χ3v) is 3.95. The monoisotopic (exact) mass is 300 g/mol. The van der Waals surface area contributed by atoms with Crippen molar-refractivity contribution in [1.29, 1.82) is 0 Å². The second kappa shape index (κ2) is 6.75. The first kappa shape index (κ1) is 14.8. The van der Waals surface area contributed by atoms with E-state index < -0.39 is 0 Å². The van der Waals surface area contributed by atoms with Gasteiger partial charge in [-0.1, -0.05) is 0 Å². The number of aromatic nitrogens is 1. The van der Waals surface area contributed by atoms with Gasteiger partial charge in [0.05, 0.1) is 17.9 Å². The number of amides is 1. The molecule has 1 unspecified atom stereocenters. The van der Waals surface area contributed by atoms with Crippen molar-refractivity contribution in [3.63, 3.8) is 0 Å². The lowest BCUT2D eigenvalue weighted by atomic mass is 10.1. The van der Waals surface area contributed by atoms with Crippen molar-refractivity contribution in [3.8, 4) is 0 Å². The number of rotatable bonds is 5. The fraction of sp³-hybridized carbons (Fsp3) is 0.412. The quantitative estimate of drug-likeness (QED) is 0.852. The van der Waals surface area contributed by atoms with Gasteiger partial charge in [-0.3, -0.25) is 9.78 Å². The Morgan fingerprint density at radius 3 is 2.82 bits per heavy atom. The largest absolute Gasteiger partial charge is 0.469 e. The Balaban J connectivity index is 1.78. The highest BCUT2D eigenvalue weighted by Crippen LogP contribution is 2.19. The Morgan fingerprint density at radius 2 is 2.18 bits per heavy atom. The van der Waals surface area contributed by atoms with Crippen LogP contribution in [0.5, 0.6) is 0 Å². The molecule has 22 heavy (non-hydrogen) atoms. The summed E-state index contributed by atoms with van der Waals surface area (Å²) in [6.07, 6.45) is 7.23. The molecule has 2 aromatic rings. The van der Waals surface area contributed by atoms with E-state index in [2.05, 4.69) is 4.98 Å². The highest BCUT2D eigenvalue weighted by atomic mass is 16.5. The predicted molar refractivity (Wildman–Crippen MR) is 81.4 cm³/mol. The maximum absolute atomic E-state index is 12.8. The van der Waals surface area contributed by atoms with Crippen LogP contribution in [0.15, 0.2) is 41.3 Å². The standard InChI is InChI=1S/C17H20N2O3/c1-13-16(6-10-21-13)17(20)19(12-15-3-2-9-22-15)11-14-4-7-18-8-5-14/h4-8,10,15H,2-3,9,11-12H2,1H3. The third kappa shape index (κ3) is 3.36. The molecule has 2 aromatic heterocycles. The van der Waals surface area contributed by atoms with Crippen molar-refractivity contribution in [1.82, 2.24) is 9.88 Å². The molecule has 5 nitrogen and oxygen atoms in total. The van der Waals surface area contributed by atoms with Crippen LogP contribution in [0.4, 0.5) is 0 Å². The molecule has 1 atom stereocenters. The topological polar surface area (TPSA) is 55.6 Å². The number of carbonyl (C=O) groups excluding carboxylic acids is 1. The summed E-state index contributed by atoms with van der Waals surface area (Å²) in [4.78, 5) is 18.7. The molecule has 1 aliphatic heterocycles. The molecule has 1 fully saturated rings. The summed E-state index contributed by atoms with van der Waals surface area (Å²) in [5.74, 6) is 0.635. The van der Waals surface area contributed by atoms with Gasteiger partial charge >= 0.3 is 0 Å². The average Bonchev–Trinajstić information content (AvgIpc) is 3.18. The number of pyridine rings is 1. The summed E-state index contributed by atoms with van der Waals surface area (Å²) in [5.41, 5.74) is 1.68. The number of carbonyl (C=O) groups is 1. The summed E-state index contributed by atoms with van der Waals surface area (Å²) in [6.45, 7) is 3.74. The van der Waals surface area contributed by atoms with Gasteiger partial charge in [0.1, 0.15) is 5.76 Å². The smallest absolute Gasteiger partial charge is 0.257 e. The average molecular weight is 300 g/mol. The molecule has 0 aromatic carbocycles. The van der Waals surface area contributed by atoms with Crippen molar-refractivity contribution in [2.24, 2.45) is 0 Å². The van der Waals surface area contributed by atoms with Crippen molar-refractivity contribution in [2.45, 2.75) is 32.4 Å². The molecule has 1 saturated heterocycles. The molecule has 3 rings (SSSR count). The van der Waals surface area contributed by atoms with Crippen molar-refractivity contribution in [2.75, 3.05) is 13.2 Å². The van der Waals surface area contributed by atoms with E-state index >= 15 is 0 Å². The van der Waals surface area contributed by atoms with E-state index in [0.29, 0.717) is 24.4 Å². The first-order chi connectivity index (χ1) is 10.7. The van der Waals surface area contributed by atoms with E-state index in [4.69, 9.17) is 9.15 Å². The van der Waals surface area contributed by atoms with Gasteiger partial charge in [0.2, 0.25) is 0 Å². The van der Waals surface area contributed by atoms with Crippen LogP contribution in [0.1, 0.15) is 34.5 Å². The van der Waals surface area contributed by atoms with Gasteiger partial charge in [0, 0.05) is 32.1 Å². The molecule has 3 heterocycles. The zero-order valence-corrected chi connectivity index (χ0v) is 12.7. The van der Waals surface area contributed by atoms with Gasteiger partial charge < -0.3 is 14.1 Å². The molecule has 0 aliphatic carbocycles. The fourth-order valence-corrected chi connectivity index (χ4v) is 2.74. The fourth-order valence-electron chi connectivity index (χ4n) is 2.74.